The van der Waals surface area contributed by atoms with Crippen LogP contribution in [0.25, 0.3) is 28.3 Å². The third-order valence-electron chi connectivity index (χ3n) is 4.39. The summed E-state index contributed by atoms with van der Waals surface area (Å²) in [6.45, 7) is 1.96. The zero-order valence-corrected chi connectivity index (χ0v) is 16.8. The fraction of sp³-hybridized carbons (Fsp3) is 0.200. The third kappa shape index (κ3) is 3.16. The van der Waals surface area contributed by atoms with Crippen molar-refractivity contribution in [2.45, 2.75) is 12.1 Å². The number of thioether (sulfide) groups is 1. The normalized spacial score (nSPS) is 11.0. The topological polar surface area (TPSA) is 74.4 Å². The summed E-state index contributed by atoms with van der Waals surface area (Å²) in [7, 11) is 3.24. The minimum Gasteiger partial charge on any atom is -0.493 e. The van der Waals surface area contributed by atoms with Gasteiger partial charge < -0.3 is 9.47 Å². The molecule has 4 aromatic rings. The van der Waals surface area contributed by atoms with E-state index in [4.69, 9.17) is 14.6 Å². The fourth-order valence-electron chi connectivity index (χ4n) is 3.06. The molecule has 0 fully saturated rings. The molecule has 0 amide bonds. The molecule has 0 atom stereocenters. The second-order valence-corrected chi connectivity index (χ2v) is 6.81. The Morgan fingerprint density at radius 3 is 2.50 bits per heavy atom. The lowest BCUT2D eigenvalue weighted by atomic mass is 10.1. The predicted molar refractivity (Wildman–Crippen MR) is 109 cm³/mol. The van der Waals surface area contributed by atoms with E-state index in [0.717, 1.165) is 34.0 Å². The van der Waals surface area contributed by atoms with Gasteiger partial charge in [-0.1, -0.05) is 11.8 Å². The second-order valence-electron chi connectivity index (χ2n) is 6.03. The average Bonchev–Trinajstić information content (AvgIpc) is 3.08. The van der Waals surface area contributed by atoms with E-state index in [1.165, 1.54) is 11.8 Å². The van der Waals surface area contributed by atoms with Gasteiger partial charge in [0.1, 0.15) is 5.69 Å². The van der Waals surface area contributed by atoms with Gasteiger partial charge in [0.2, 0.25) is 0 Å². The van der Waals surface area contributed by atoms with Crippen LogP contribution in [0.3, 0.4) is 0 Å². The lowest BCUT2D eigenvalue weighted by molar-refractivity contribution is 0.355. The number of aryl methyl sites for hydroxylation is 1. The summed E-state index contributed by atoms with van der Waals surface area (Å²) in [6.07, 6.45) is 3.71. The molecule has 3 heterocycles. The quantitative estimate of drug-likeness (QED) is 0.376. The molecule has 0 spiro atoms. The number of rotatable bonds is 5. The number of ether oxygens (including phenoxy) is 2. The van der Waals surface area contributed by atoms with Crippen LogP contribution in [0.1, 0.15) is 5.69 Å². The summed E-state index contributed by atoms with van der Waals surface area (Å²) >= 11 is 1.50. The molecular formula is C20H19N5O2S. The van der Waals surface area contributed by atoms with E-state index in [2.05, 4.69) is 15.0 Å². The van der Waals surface area contributed by atoms with E-state index in [9.17, 15) is 0 Å². The Labute approximate surface area is 166 Å². The first-order valence-corrected chi connectivity index (χ1v) is 9.83. The molecule has 4 rings (SSSR count). The Kier molecular flexibility index (Phi) is 4.87. The van der Waals surface area contributed by atoms with Crippen molar-refractivity contribution in [1.82, 2.24) is 24.6 Å². The minimum atomic E-state index is 0.657. The van der Waals surface area contributed by atoms with Crippen molar-refractivity contribution in [2.75, 3.05) is 20.5 Å². The zero-order chi connectivity index (χ0) is 19.7. The standard InChI is InChI=1S/C20H19N5O2S/c1-12-19(15-9-10-21-20(23-15)28-4)25-18(22-12)8-6-14(24-25)13-5-7-16(26-2)17(11-13)27-3/h5-11H,1-4H3. The second kappa shape index (κ2) is 7.47. The summed E-state index contributed by atoms with van der Waals surface area (Å²) < 4.78 is 12.6. The van der Waals surface area contributed by atoms with Crippen LogP contribution >= 0.6 is 11.8 Å². The van der Waals surface area contributed by atoms with Gasteiger partial charge >= 0.3 is 0 Å². The van der Waals surface area contributed by atoms with Gasteiger partial charge in [-0.2, -0.15) is 5.10 Å². The highest BCUT2D eigenvalue weighted by Crippen LogP contribution is 2.32. The first kappa shape index (κ1) is 18.2. The van der Waals surface area contributed by atoms with Crippen LogP contribution in [-0.2, 0) is 0 Å². The monoisotopic (exact) mass is 393 g/mol. The van der Waals surface area contributed by atoms with Gasteiger partial charge in [0.15, 0.2) is 22.3 Å². The van der Waals surface area contributed by atoms with Crippen LogP contribution in [0.15, 0.2) is 47.8 Å². The third-order valence-corrected chi connectivity index (χ3v) is 4.95. The molecule has 0 saturated heterocycles. The molecular weight excluding hydrogens is 374 g/mol. The first-order valence-electron chi connectivity index (χ1n) is 8.60. The van der Waals surface area contributed by atoms with Gasteiger partial charge in [-0.05, 0) is 49.6 Å². The number of methoxy groups -OCH3 is 2. The van der Waals surface area contributed by atoms with Crippen LogP contribution in [0, 0.1) is 6.92 Å². The number of nitrogens with zero attached hydrogens (tertiary/aromatic N) is 5. The maximum absolute atomic E-state index is 5.42. The lowest BCUT2D eigenvalue weighted by Gasteiger charge is -2.10. The molecule has 28 heavy (non-hydrogen) atoms. The van der Waals surface area contributed by atoms with Crippen LogP contribution < -0.4 is 9.47 Å². The number of hydrogen-bond donors (Lipinski definition) is 0. The molecule has 1 aromatic carbocycles. The van der Waals surface area contributed by atoms with E-state index < -0.39 is 0 Å². The van der Waals surface area contributed by atoms with E-state index in [1.54, 1.807) is 20.4 Å². The average molecular weight is 393 g/mol. The van der Waals surface area contributed by atoms with E-state index in [-0.39, 0.29) is 0 Å². The summed E-state index contributed by atoms with van der Waals surface area (Å²) in [5.41, 5.74) is 5.00. The van der Waals surface area contributed by atoms with Crippen molar-refractivity contribution in [3.63, 3.8) is 0 Å². The molecule has 0 aliphatic carbocycles. The number of benzene rings is 1. The predicted octanol–water partition coefficient (Wildman–Crippen LogP) is 3.90. The Balaban J connectivity index is 1.87. The lowest BCUT2D eigenvalue weighted by Crippen LogP contribution is -1.99. The van der Waals surface area contributed by atoms with Gasteiger partial charge in [0, 0.05) is 11.8 Å². The molecule has 0 saturated carbocycles. The summed E-state index contributed by atoms with van der Waals surface area (Å²) in [4.78, 5) is 13.5. The highest BCUT2D eigenvalue weighted by atomic mass is 32.2. The molecule has 142 valence electrons. The van der Waals surface area contributed by atoms with Crippen LogP contribution in [-0.4, -0.2) is 45.0 Å². The molecule has 0 radical (unpaired) electrons. The highest BCUT2D eigenvalue weighted by molar-refractivity contribution is 7.98. The van der Waals surface area contributed by atoms with Gasteiger partial charge in [-0.3, -0.25) is 0 Å². The van der Waals surface area contributed by atoms with E-state index >= 15 is 0 Å². The van der Waals surface area contributed by atoms with Crippen molar-refractivity contribution in [3.05, 3.63) is 48.3 Å². The van der Waals surface area contributed by atoms with Gasteiger partial charge in [-0.15, -0.1) is 0 Å². The van der Waals surface area contributed by atoms with Crippen LogP contribution in [0.4, 0.5) is 0 Å². The maximum atomic E-state index is 5.42. The fourth-order valence-corrected chi connectivity index (χ4v) is 3.41. The van der Waals surface area contributed by atoms with Crippen molar-refractivity contribution >= 4 is 17.4 Å². The summed E-state index contributed by atoms with van der Waals surface area (Å²) in [6, 6.07) is 11.5. The number of hydrogen-bond acceptors (Lipinski definition) is 7. The molecule has 0 N–H and O–H groups in total. The maximum Gasteiger partial charge on any atom is 0.187 e. The van der Waals surface area contributed by atoms with Crippen molar-refractivity contribution in [1.29, 1.82) is 0 Å². The number of aromatic nitrogens is 5. The van der Waals surface area contributed by atoms with Crippen LogP contribution in [0.2, 0.25) is 0 Å². The number of imidazole rings is 1. The van der Waals surface area contributed by atoms with Crippen molar-refractivity contribution in [3.8, 4) is 34.1 Å². The molecule has 7 nitrogen and oxygen atoms in total. The van der Waals surface area contributed by atoms with Crippen LogP contribution in [0.5, 0.6) is 11.5 Å². The zero-order valence-electron chi connectivity index (χ0n) is 16.0. The Morgan fingerprint density at radius 1 is 0.929 bits per heavy atom. The number of fused-ring (bicyclic) bond motifs is 1. The van der Waals surface area contributed by atoms with Crippen molar-refractivity contribution < 1.29 is 9.47 Å². The molecule has 0 aliphatic heterocycles. The summed E-state index contributed by atoms with van der Waals surface area (Å²) in [5, 5.41) is 5.53. The molecule has 3 aromatic heterocycles. The molecule has 0 bridgehead atoms. The Morgan fingerprint density at radius 2 is 1.75 bits per heavy atom. The van der Waals surface area contributed by atoms with E-state index in [0.29, 0.717) is 16.7 Å². The summed E-state index contributed by atoms with van der Waals surface area (Å²) in [5.74, 6) is 1.33. The minimum absolute atomic E-state index is 0.657. The Bertz CT molecular complexity index is 1160. The Hall–Kier alpha value is -3.13. The van der Waals surface area contributed by atoms with E-state index in [1.807, 2.05) is 54.1 Å². The van der Waals surface area contributed by atoms with Gasteiger partial charge in [0.25, 0.3) is 0 Å². The highest BCUT2D eigenvalue weighted by Gasteiger charge is 2.16. The molecule has 0 unspecified atom stereocenters. The first-order chi connectivity index (χ1) is 13.6. The smallest absolute Gasteiger partial charge is 0.187 e. The van der Waals surface area contributed by atoms with Crippen molar-refractivity contribution in [2.24, 2.45) is 0 Å². The SMILES string of the molecule is COc1ccc(-c2ccc3nc(C)c(-c4ccnc(SC)n4)n3n2)cc1OC. The van der Waals surface area contributed by atoms with Gasteiger partial charge in [-0.25, -0.2) is 19.5 Å². The molecule has 0 aliphatic rings. The van der Waals surface area contributed by atoms with Gasteiger partial charge in [0.05, 0.1) is 31.3 Å². The largest absolute Gasteiger partial charge is 0.493 e. The molecule has 8 heteroatoms.